The minimum Gasteiger partial charge on any atom is -0.352 e. The molecule has 1 heterocycles. The Hall–Kier alpha value is -1.58. The van der Waals surface area contributed by atoms with Crippen molar-refractivity contribution in [1.29, 1.82) is 0 Å². The van der Waals surface area contributed by atoms with Gasteiger partial charge in [0, 0.05) is 18.8 Å². The monoisotopic (exact) mass is 250 g/mol. The van der Waals surface area contributed by atoms with Gasteiger partial charge in [-0.25, -0.2) is 0 Å². The molecule has 1 aromatic heterocycles. The molecular weight excluding hydrogens is 228 g/mol. The van der Waals surface area contributed by atoms with E-state index in [9.17, 15) is 9.59 Å². The van der Waals surface area contributed by atoms with Crippen molar-refractivity contribution in [1.82, 2.24) is 10.3 Å². The molecule has 0 saturated heterocycles. The van der Waals surface area contributed by atoms with Gasteiger partial charge in [0.1, 0.15) is 0 Å². The number of aromatic nitrogens is 1. The summed E-state index contributed by atoms with van der Waals surface area (Å²) >= 11 is 0. The van der Waals surface area contributed by atoms with Gasteiger partial charge in [0.15, 0.2) is 0 Å². The summed E-state index contributed by atoms with van der Waals surface area (Å²) in [6, 6.07) is 2.89. The van der Waals surface area contributed by atoms with Crippen LogP contribution >= 0.6 is 0 Å². The zero-order valence-corrected chi connectivity index (χ0v) is 11.5. The Labute approximate surface area is 108 Å². The summed E-state index contributed by atoms with van der Waals surface area (Å²) in [6.07, 6.45) is 1.44. The van der Waals surface area contributed by atoms with E-state index in [0.717, 1.165) is 0 Å². The van der Waals surface area contributed by atoms with Crippen LogP contribution in [-0.2, 0) is 0 Å². The van der Waals surface area contributed by atoms with Crippen molar-refractivity contribution in [3.8, 4) is 0 Å². The molecule has 0 fully saturated rings. The maximum absolute atomic E-state index is 11.9. The van der Waals surface area contributed by atoms with Crippen LogP contribution in [0.3, 0.4) is 0 Å². The van der Waals surface area contributed by atoms with E-state index in [-0.39, 0.29) is 11.5 Å². The highest BCUT2D eigenvalue weighted by Gasteiger charge is 2.18. The Morgan fingerprint density at radius 1 is 1.22 bits per heavy atom. The summed E-state index contributed by atoms with van der Waals surface area (Å²) in [5.74, 6) is 1.37. The number of H-pyrrole nitrogens is 1. The SMILES string of the molecule is CC(C)C(CNC(=O)c1ccc(=O)[nH]c1)C(C)C. The van der Waals surface area contributed by atoms with Crippen LogP contribution in [-0.4, -0.2) is 17.4 Å². The van der Waals surface area contributed by atoms with E-state index in [1.165, 1.54) is 18.3 Å². The highest BCUT2D eigenvalue weighted by atomic mass is 16.1. The lowest BCUT2D eigenvalue weighted by molar-refractivity contribution is 0.0937. The highest BCUT2D eigenvalue weighted by Crippen LogP contribution is 2.19. The molecular formula is C14H22N2O2. The molecule has 0 radical (unpaired) electrons. The fraction of sp³-hybridized carbons (Fsp3) is 0.571. The number of amides is 1. The quantitative estimate of drug-likeness (QED) is 0.840. The normalized spacial score (nSPS) is 11.3. The molecule has 0 aliphatic rings. The topological polar surface area (TPSA) is 62.0 Å². The summed E-state index contributed by atoms with van der Waals surface area (Å²) < 4.78 is 0. The summed E-state index contributed by atoms with van der Waals surface area (Å²) in [4.78, 5) is 25.3. The van der Waals surface area contributed by atoms with Gasteiger partial charge in [-0.15, -0.1) is 0 Å². The average molecular weight is 250 g/mol. The van der Waals surface area contributed by atoms with Gasteiger partial charge in [0.25, 0.3) is 5.91 Å². The lowest BCUT2D eigenvalue weighted by Gasteiger charge is -2.25. The van der Waals surface area contributed by atoms with Crippen LogP contribution in [0.1, 0.15) is 38.1 Å². The number of nitrogens with one attached hydrogen (secondary N) is 2. The molecule has 18 heavy (non-hydrogen) atoms. The molecule has 1 amide bonds. The number of carbonyl (C=O) groups excluding carboxylic acids is 1. The predicted octanol–water partition coefficient (Wildman–Crippen LogP) is 2.03. The zero-order chi connectivity index (χ0) is 13.7. The van der Waals surface area contributed by atoms with Crippen LogP contribution in [0.25, 0.3) is 0 Å². The van der Waals surface area contributed by atoms with E-state index < -0.39 is 0 Å². The Morgan fingerprint density at radius 3 is 2.28 bits per heavy atom. The van der Waals surface area contributed by atoms with Gasteiger partial charge < -0.3 is 10.3 Å². The first-order chi connectivity index (χ1) is 8.41. The molecule has 4 heteroatoms. The van der Waals surface area contributed by atoms with Gasteiger partial charge >= 0.3 is 0 Å². The molecule has 0 bridgehead atoms. The lowest BCUT2D eigenvalue weighted by Crippen LogP contribution is -2.34. The van der Waals surface area contributed by atoms with Crippen molar-refractivity contribution < 1.29 is 4.79 Å². The van der Waals surface area contributed by atoms with Gasteiger partial charge in [-0.2, -0.15) is 0 Å². The number of rotatable bonds is 5. The van der Waals surface area contributed by atoms with Crippen molar-refractivity contribution in [2.24, 2.45) is 17.8 Å². The Bertz CT molecular complexity index is 421. The van der Waals surface area contributed by atoms with Gasteiger partial charge in [-0.05, 0) is 23.8 Å². The van der Waals surface area contributed by atoms with Crippen LogP contribution in [0, 0.1) is 17.8 Å². The van der Waals surface area contributed by atoms with Crippen molar-refractivity contribution >= 4 is 5.91 Å². The van der Waals surface area contributed by atoms with Gasteiger partial charge in [0.2, 0.25) is 5.56 Å². The maximum Gasteiger partial charge on any atom is 0.252 e. The van der Waals surface area contributed by atoms with Crippen molar-refractivity contribution in [2.75, 3.05) is 6.54 Å². The highest BCUT2D eigenvalue weighted by molar-refractivity contribution is 5.93. The van der Waals surface area contributed by atoms with Gasteiger partial charge in [-0.1, -0.05) is 27.7 Å². The molecule has 0 unspecified atom stereocenters. The second kappa shape index (κ2) is 6.38. The third-order valence-electron chi connectivity index (χ3n) is 3.26. The Morgan fingerprint density at radius 2 is 1.83 bits per heavy atom. The largest absolute Gasteiger partial charge is 0.352 e. The number of pyridine rings is 1. The van der Waals surface area contributed by atoms with E-state index in [1.807, 2.05) is 0 Å². The fourth-order valence-corrected chi connectivity index (χ4v) is 2.11. The van der Waals surface area contributed by atoms with Gasteiger partial charge in [0.05, 0.1) is 5.56 Å². The zero-order valence-electron chi connectivity index (χ0n) is 11.5. The first kappa shape index (κ1) is 14.5. The number of hydrogen-bond acceptors (Lipinski definition) is 2. The molecule has 0 aliphatic carbocycles. The minimum atomic E-state index is -0.200. The first-order valence-corrected chi connectivity index (χ1v) is 6.38. The van der Waals surface area contributed by atoms with Crippen LogP contribution < -0.4 is 10.9 Å². The number of hydrogen-bond donors (Lipinski definition) is 2. The third-order valence-corrected chi connectivity index (χ3v) is 3.26. The molecule has 0 saturated carbocycles. The summed E-state index contributed by atoms with van der Waals surface area (Å²) in [5, 5.41) is 2.92. The van der Waals surface area contributed by atoms with E-state index in [4.69, 9.17) is 0 Å². The van der Waals surface area contributed by atoms with Crippen molar-refractivity contribution in [3.63, 3.8) is 0 Å². The van der Waals surface area contributed by atoms with Crippen molar-refractivity contribution in [3.05, 3.63) is 34.2 Å². The molecule has 0 spiro atoms. The Balaban J connectivity index is 2.60. The number of aromatic amines is 1. The Kier molecular flexibility index (Phi) is 5.13. The maximum atomic E-state index is 11.9. The number of carbonyl (C=O) groups is 1. The second-order valence-electron chi connectivity index (χ2n) is 5.30. The molecule has 100 valence electrons. The van der Waals surface area contributed by atoms with Crippen molar-refractivity contribution in [2.45, 2.75) is 27.7 Å². The second-order valence-corrected chi connectivity index (χ2v) is 5.30. The van der Waals surface area contributed by atoms with Crippen LogP contribution in [0.15, 0.2) is 23.1 Å². The van der Waals surface area contributed by atoms with E-state index in [1.54, 1.807) is 0 Å². The van der Waals surface area contributed by atoms with E-state index in [2.05, 4.69) is 38.0 Å². The molecule has 2 N–H and O–H groups in total. The summed E-state index contributed by atoms with van der Waals surface area (Å²) in [7, 11) is 0. The molecule has 4 nitrogen and oxygen atoms in total. The first-order valence-electron chi connectivity index (χ1n) is 6.38. The third kappa shape index (κ3) is 4.02. The molecule has 1 rings (SSSR count). The molecule has 1 aromatic rings. The smallest absolute Gasteiger partial charge is 0.252 e. The predicted molar refractivity (Wildman–Crippen MR) is 72.6 cm³/mol. The molecule has 0 aromatic carbocycles. The fourth-order valence-electron chi connectivity index (χ4n) is 2.11. The average Bonchev–Trinajstić information content (AvgIpc) is 2.28. The lowest BCUT2D eigenvalue weighted by atomic mass is 9.85. The molecule has 0 aliphatic heterocycles. The van der Waals surface area contributed by atoms with E-state index in [0.29, 0.717) is 29.9 Å². The van der Waals surface area contributed by atoms with Gasteiger partial charge in [-0.3, -0.25) is 9.59 Å². The van der Waals surface area contributed by atoms with E-state index >= 15 is 0 Å². The van der Waals surface area contributed by atoms with Crippen LogP contribution in [0.5, 0.6) is 0 Å². The van der Waals surface area contributed by atoms with Crippen LogP contribution in [0.4, 0.5) is 0 Å². The minimum absolute atomic E-state index is 0.141. The van der Waals surface area contributed by atoms with Crippen LogP contribution in [0.2, 0.25) is 0 Å². The molecule has 0 atom stereocenters. The summed E-state index contributed by atoms with van der Waals surface area (Å²) in [5.41, 5.74) is 0.287. The standard InChI is InChI=1S/C14H22N2O2/c1-9(2)12(10(3)4)8-16-14(18)11-5-6-13(17)15-7-11/h5-7,9-10,12H,8H2,1-4H3,(H,15,17)(H,16,18). The summed E-state index contributed by atoms with van der Waals surface area (Å²) in [6.45, 7) is 9.31.